The number of rotatable bonds is 6. The molecule has 0 aliphatic carbocycles. The minimum Gasteiger partial charge on any atom is -0.447 e. The largest absolute Gasteiger partial charge is 0.447 e. The molecule has 0 radical (unpaired) electrons. The maximum atomic E-state index is 12.7. The standard InChI is InChI=1S/C21H35N5O4.C2H6/c1-5-18(22-17(4)23-21(29)30-16(2)3)14-19(27)26-12-10-24(11-13-26)15-20(28)25-8-6-7-9-25;1-2/h5,16H,6-15H2,1-4H3,(H,22,23,29);1-2H3/b18-5-;. The average molecular weight is 452 g/mol. The summed E-state index contributed by atoms with van der Waals surface area (Å²) in [5, 5.41) is 2.56. The third kappa shape index (κ3) is 9.80. The van der Waals surface area contributed by atoms with Gasteiger partial charge in [-0.25, -0.2) is 9.79 Å². The number of nitrogens with one attached hydrogen (secondary N) is 1. The van der Waals surface area contributed by atoms with E-state index in [-0.39, 0.29) is 24.3 Å². The lowest BCUT2D eigenvalue weighted by Gasteiger charge is -2.35. The van der Waals surface area contributed by atoms with Crippen LogP contribution in [0.25, 0.3) is 0 Å². The molecule has 2 fully saturated rings. The Balaban J connectivity index is 0.00000249. The number of allylic oxidation sites excluding steroid dienone is 1. The van der Waals surface area contributed by atoms with Crippen molar-refractivity contribution in [2.24, 2.45) is 4.99 Å². The van der Waals surface area contributed by atoms with Crippen LogP contribution in [0, 0.1) is 0 Å². The first-order valence-corrected chi connectivity index (χ1v) is 11.7. The Hall–Kier alpha value is -2.42. The van der Waals surface area contributed by atoms with Crippen LogP contribution in [-0.4, -0.2) is 90.4 Å². The molecular formula is C23H41N5O4. The number of nitrogens with zero attached hydrogens (tertiary/aromatic N) is 4. The highest BCUT2D eigenvalue weighted by Crippen LogP contribution is 2.12. The molecule has 1 N–H and O–H groups in total. The number of aliphatic imine (C=N–C) groups is 1. The van der Waals surface area contributed by atoms with Gasteiger partial charge in [-0.15, -0.1) is 0 Å². The van der Waals surface area contributed by atoms with E-state index in [1.54, 1.807) is 26.8 Å². The number of likely N-dealkylation sites (tertiary alicyclic amines) is 1. The van der Waals surface area contributed by atoms with Gasteiger partial charge in [-0.2, -0.15) is 0 Å². The molecule has 0 atom stereocenters. The lowest BCUT2D eigenvalue weighted by molar-refractivity contribution is -0.134. The molecule has 2 aliphatic rings. The molecule has 2 heterocycles. The van der Waals surface area contributed by atoms with Crippen LogP contribution in [0.3, 0.4) is 0 Å². The first-order chi connectivity index (χ1) is 15.3. The number of piperazine rings is 1. The van der Waals surface area contributed by atoms with E-state index >= 15 is 0 Å². The highest BCUT2D eigenvalue weighted by Gasteiger charge is 2.25. The van der Waals surface area contributed by atoms with Gasteiger partial charge in [0.2, 0.25) is 11.8 Å². The summed E-state index contributed by atoms with van der Waals surface area (Å²) in [5.41, 5.74) is 0.592. The van der Waals surface area contributed by atoms with Crippen LogP contribution in [0.1, 0.15) is 60.8 Å². The minimum atomic E-state index is -0.562. The smallest absolute Gasteiger partial charge is 0.412 e. The van der Waals surface area contributed by atoms with E-state index in [4.69, 9.17) is 4.74 Å². The van der Waals surface area contributed by atoms with Gasteiger partial charge in [0, 0.05) is 45.0 Å². The maximum absolute atomic E-state index is 12.7. The second-order valence-electron chi connectivity index (χ2n) is 7.98. The summed E-state index contributed by atoms with van der Waals surface area (Å²) in [7, 11) is 0. The summed E-state index contributed by atoms with van der Waals surface area (Å²) in [5.74, 6) is 0.568. The summed E-state index contributed by atoms with van der Waals surface area (Å²) < 4.78 is 5.03. The van der Waals surface area contributed by atoms with Crippen LogP contribution >= 0.6 is 0 Å². The Morgan fingerprint density at radius 2 is 1.53 bits per heavy atom. The average Bonchev–Trinajstić information content (AvgIpc) is 3.29. The number of carbonyl (C=O) groups is 3. The van der Waals surface area contributed by atoms with Crippen LogP contribution in [-0.2, 0) is 14.3 Å². The van der Waals surface area contributed by atoms with Gasteiger partial charge in [0.15, 0.2) is 0 Å². The van der Waals surface area contributed by atoms with E-state index in [1.165, 1.54) is 0 Å². The number of carbonyl (C=O) groups excluding carboxylic acids is 3. The molecule has 3 amide bonds. The lowest BCUT2D eigenvalue weighted by atomic mass is 10.2. The number of alkyl carbamates (subject to hydrolysis) is 1. The van der Waals surface area contributed by atoms with Gasteiger partial charge in [-0.05, 0) is 40.5 Å². The second-order valence-corrected chi connectivity index (χ2v) is 7.98. The zero-order valence-electron chi connectivity index (χ0n) is 20.6. The fraction of sp³-hybridized carbons (Fsp3) is 0.739. The highest BCUT2D eigenvalue weighted by molar-refractivity contribution is 5.94. The predicted octanol–water partition coefficient (Wildman–Crippen LogP) is 2.63. The number of ether oxygens (including phenoxy) is 1. The molecule has 9 nitrogen and oxygen atoms in total. The SMILES string of the molecule is C/C=C(/CC(=O)N1CCN(CC(=O)N2CCCC2)CC1)N=C(C)NC(=O)OC(C)C.CC. The molecule has 0 bridgehead atoms. The number of hydrogen-bond donors (Lipinski definition) is 1. The molecule has 182 valence electrons. The number of amidine groups is 1. The molecular weight excluding hydrogens is 410 g/mol. The van der Waals surface area contributed by atoms with E-state index in [2.05, 4.69) is 15.2 Å². The van der Waals surface area contributed by atoms with Gasteiger partial charge >= 0.3 is 6.09 Å². The summed E-state index contributed by atoms with van der Waals surface area (Å²) in [4.78, 5) is 46.8. The van der Waals surface area contributed by atoms with Gasteiger partial charge < -0.3 is 14.5 Å². The zero-order chi connectivity index (χ0) is 24.1. The van der Waals surface area contributed by atoms with Gasteiger partial charge in [-0.1, -0.05) is 19.9 Å². The van der Waals surface area contributed by atoms with Crippen molar-refractivity contribution in [2.45, 2.75) is 66.9 Å². The van der Waals surface area contributed by atoms with Gasteiger partial charge in [0.1, 0.15) is 5.84 Å². The normalized spacial score (nSPS) is 17.7. The topological polar surface area (TPSA) is 94.5 Å². The monoisotopic (exact) mass is 451 g/mol. The van der Waals surface area contributed by atoms with Gasteiger partial charge in [0.25, 0.3) is 0 Å². The van der Waals surface area contributed by atoms with Crippen LogP contribution in [0.4, 0.5) is 4.79 Å². The summed E-state index contributed by atoms with van der Waals surface area (Å²) in [6.45, 7) is 15.8. The van der Waals surface area contributed by atoms with E-state index in [0.717, 1.165) is 25.9 Å². The molecule has 2 aliphatic heterocycles. The molecule has 2 rings (SSSR count). The number of hydrogen-bond acceptors (Lipinski definition) is 6. The van der Waals surface area contributed by atoms with Gasteiger partial charge in [-0.3, -0.25) is 19.8 Å². The van der Waals surface area contributed by atoms with Crippen molar-refractivity contribution < 1.29 is 19.1 Å². The number of amides is 3. The predicted molar refractivity (Wildman–Crippen MR) is 126 cm³/mol. The zero-order valence-corrected chi connectivity index (χ0v) is 20.6. The Bertz CT molecular complexity index is 676. The van der Waals surface area contributed by atoms with Crippen LogP contribution < -0.4 is 5.32 Å². The first-order valence-electron chi connectivity index (χ1n) is 11.7. The first kappa shape index (κ1) is 27.6. The molecule has 0 aromatic heterocycles. The Kier molecular flexibility index (Phi) is 12.6. The molecule has 0 aromatic carbocycles. The molecule has 32 heavy (non-hydrogen) atoms. The van der Waals surface area contributed by atoms with Crippen LogP contribution in [0.5, 0.6) is 0 Å². The summed E-state index contributed by atoms with van der Waals surface area (Å²) >= 11 is 0. The van der Waals surface area contributed by atoms with Crippen molar-refractivity contribution in [3.63, 3.8) is 0 Å². The van der Waals surface area contributed by atoms with Crippen molar-refractivity contribution in [3.8, 4) is 0 Å². The third-order valence-electron chi connectivity index (χ3n) is 5.15. The minimum absolute atomic E-state index is 0.00470. The quantitative estimate of drug-likeness (QED) is 0.495. The van der Waals surface area contributed by atoms with Crippen molar-refractivity contribution in [3.05, 3.63) is 11.8 Å². The molecule has 0 spiro atoms. The highest BCUT2D eigenvalue weighted by atomic mass is 16.6. The molecule has 0 aromatic rings. The molecule has 9 heteroatoms. The molecule has 0 saturated carbocycles. The fourth-order valence-corrected chi connectivity index (χ4v) is 3.52. The van der Waals surface area contributed by atoms with E-state index in [9.17, 15) is 14.4 Å². The molecule has 2 saturated heterocycles. The van der Waals surface area contributed by atoms with Crippen molar-refractivity contribution in [2.75, 3.05) is 45.8 Å². The Labute approximate surface area is 192 Å². The lowest BCUT2D eigenvalue weighted by Crippen LogP contribution is -2.51. The summed E-state index contributed by atoms with van der Waals surface area (Å²) in [6.07, 6.45) is 3.34. The third-order valence-corrected chi connectivity index (χ3v) is 5.15. The van der Waals surface area contributed by atoms with Crippen molar-refractivity contribution in [1.82, 2.24) is 20.0 Å². The van der Waals surface area contributed by atoms with E-state index in [1.807, 2.05) is 30.6 Å². The van der Waals surface area contributed by atoms with Gasteiger partial charge in [0.05, 0.1) is 19.1 Å². The van der Waals surface area contributed by atoms with Crippen molar-refractivity contribution >= 4 is 23.7 Å². The Morgan fingerprint density at radius 3 is 2.06 bits per heavy atom. The second kappa shape index (κ2) is 14.6. The van der Waals surface area contributed by atoms with E-state index in [0.29, 0.717) is 44.3 Å². The van der Waals surface area contributed by atoms with E-state index < -0.39 is 6.09 Å². The maximum Gasteiger partial charge on any atom is 0.412 e. The van der Waals surface area contributed by atoms with Crippen LogP contribution in [0.15, 0.2) is 16.8 Å². The molecule has 0 unspecified atom stereocenters. The summed E-state index contributed by atoms with van der Waals surface area (Å²) in [6, 6.07) is 0. The fourth-order valence-electron chi connectivity index (χ4n) is 3.52. The van der Waals surface area contributed by atoms with Crippen LogP contribution in [0.2, 0.25) is 0 Å². The Morgan fingerprint density at radius 1 is 0.969 bits per heavy atom. The van der Waals surface area contributed by atoms with Crippen molar-refractivity contribution in [1.29, 1.82) is 0 Å².